The predicted octanol–water partition coefficient (Wildman–Crippen LogP) is 3.48. The first-order valence-electron chi connectivity index (χ1n) is 8.09. The van der Waals surface area contributed by atoms with Crippen LogP contribution in [0.25, 0.3) is 10.2 Å². The summed E-state index contributed by atoms with van der Waals surface area (Å²) in [5.74, 6) is 3.67. The molecule has 0 unspecified atom stereocenters. The number of hydrogen-bond acceptors (Lipinski definition) is 4. The van der Waals surface area contributed by atoms with E-state index in [1.807, 2.05) is 29.7 Å². The molecule has 1 aromatic heterocycles. The van der Waals surface area contributed by atoms with Gasteiger partial charge in [0.05, 0.1) is 30.5 Å². The molecule has 0 aliphatic rings. The molecule has 132 valence electrons. The van der Waals surface area contributed by atoms with Crippen molar-refractivity contribution in [2.45, 2.75) is 13.5 Å². The molecule has 0 fully saturated rings. The van der Waals surface area contributed by atoms with E-state index in [2.05, 4.69) is 10.9 Å². The van der Waals surface area contributed by atoms with E-state index in [4.69, 9.17) is 15.9 Å². The molecular weight excluding hydrogens is 348 g/mol. The topological polar surface area (TPSA) is 52.8 Å². The zero-order chi connectivity index (χ0) is 18.5. The highest BCUT2D eigenvalue weighted by Gasteiger charge is 2.10. The van der Waals surface area contributed by atoms with Gasteiger partial charge < -0.3 is 14.0 Å². The van der Waals surface area contributed by atoms with Crippen molar-refractivity contribution in [1.29, 1.82) is 0 Å². The van der Waals surface area contributed by atoms with Crippen LogP contribution in [-0.2, 0) is 6.54 Å². The number of carbonyl (C=O) groups is 1. The average Bonchev–Trinajstić information content (AvgIpc) is 2.99. The van der Waals surface area contributed by atoms with Crippen LogP contribution >= 0.6 is 11.3 Å². The fourth-order valence-corrected chi connectivity index (χ4v) is 3.60. The summed E-state index contributed by atoms with van der Waals surface area (Å²) >= 11 is 1.41. The Morgan fingerprint density at radius 3 is 2.85 bits per heavy atom. The van der Waals surface area contributed by atoms with Gasteiger partial charge in [0, 0.05) is 5.56 Å². The Morgan fingerprint density at radius 1 is 1.27 bits per heavy atom. The zero-order valence-corrected chi connectivity index (χ0v) is 15.4. The number of terminal acetylenes is 1. The molecule has 5 nitrogen and oxygen atoms in total. The Labute approximate surface area is 155 Å². The van der Waals surface area contributed by atoms with Gasteiger partial charge in [-0.3, -0.25) is 4.79 Å². The number of fused-ring (bicyclic) bond motifs is 1. The van der Waals surface area contributed by atoms with Crippen LogP contribution in [0.2, 0.25) is 0 Å². The maximum Gasteiger partial charge on any atom is 0.279 e. The van der Waals surface area contributed by atoms with Gasteiger partial charge in [-0.25, -0.2) is 0 Å². The van der Waals surface area contributed by atoms with Crippen LogP contribution in [-0.4, -0.2) is 24.2 Å². The molecule has 0 radical (unpaired) electrons. The number of thiazole rings is 1. The van der Waals surface area contributed by atoms with Gasteiger partial charge in [0.25, 0.3) is 5.91 Å². The number of aromatic nitrogens is 1. The Balaban J connectivity index is 2.09. The van der Waals surface area contributed by atoms with Crippen LogP contribution in [0, 0.1) is 12.3 Å². The fraction of sp³-hybridized carbons (Fsp3) is 0.200. The van der Waals surface area contributed by atoms with Crippen LogP contribution in [0.4, 0.5) is 0 Å². The molecule has 0 aliphatic heterocycles. The number of carbonyl (C=O) groups excluding carboxylic acids is 1. The fourth-order valence-electron chi connectivity index (χ4n) is 2.55. The molecule has 0 N–H and O–H groups in total. The molecule has 26 heavy (non-hydrogen) atoms. The molecule has 3 rings (SSSR count). The lowest BCUT2D eigenvalue weighted by molar-refractivity contribution is 0.0997. The maximum atomic E-state index is 12.6. The minimum atomic E-state index is -0.341. The third-order valence-corrected chi connectivity index (χ3v) is 4.77. The second kappa shape index (κ2) is 7.89. The number of hydrogen-bond donors (Lipinski definition) is 0. The average molecular weight is 366 g/mol. The van der Waals surface area contributed by atoms with E-state index >= 15 is 0 Å². The largest absolute Gasteiger partial charge is 0.497 e. The smallest absolute Gasteiger partial charge is 0.279 e. The van der Waals surface area contributed by atoms with Crippen LogP contribution in [0.15, 0.2) is 47.5 Å². The summed E-state index contributed by atoms with van der Waals surface area (Å²) in [6.07, 6.45) is 5.50. The highest BCUT2D eigenvalue weighted by molar-refractivity contribution is 7.16. The lowest BCUT2D eigenvalue weighted by Crippen LogP contribution is -2.16. The van der Waals surface area contributed by atoms with Crippen LogP contribution in [0.5, 0.6) is 11.5 Å². The molecular formula is C20H18N2O3S. The first-order chi connectivity index (χ1) is 12.7. The Hall–Kier alpha value is -3.04. The molecule has 0 saturated heterocycles. The van der Waals surface area contributed by atoms with E-state index in [1.54, 1.807) is 31.4 Å². The van der Waals surface area contributed by atoms with Crippen LogP contribution in [0.1, 0.15) is 17.3 Å². The molecule has 0 spiro atoms. The standard InChI is InChI=1S/C20H18N2O3S/c1-4-11-22-17-10-9-16(25-5-2)13-18(17)26-20(22)21-19(23)14-7-6-8-15(12-14)24-3/h1,6-10,12-13H,5,11H2,2-3H3. The van der Waals surface area contributed by atoms with Crippen molar-refractivity contribution >= 4 is 27.5 Å². The zero-order valence-electron chi connectivity index (χ0n) is 14.6. The van der Waals surface area contributed by atoms with Crippen molar-refractivity contribution in [2.75, 3.05) is 13.7 Å². The molecule has 1 heterocycles. The quantitative estimate of drug-likeness (QED) is 0.650. The third-order valence-electron chi connectivity index (χ3n) is 3.73. The molecule has 0 saturated carbocycles. The third kappa shape index (κ3) is 3.63. The summed E-state index contributed by atoms with van der Waals surface area (Å²) in [5, 5.41) is 0. The summed E-state index contributed by atoms with van der Waals surface area (Å²) in [6.45, 7) is 2.86. The number of rotatable bonds is 5. The summed E-state index contributed by atoms with van der Waals surface area (Å²) in [6, 6.07) is 12.7. The summed E-state index contributed by atoms with van der Waals surface area (Å²) in [4.78, 5) is 17.4. The highest BCUT2D eigenvalue weighted by Crippen LogP contribution is 2.23. The normalized spacial score (nSPS) is 11.3. The Bertz CT molecular complexity index is 1060. The first kappa shape index (κ1) is 17.8. The van der Waals surface area contributed by atoms with Crippen molar-refractivity contribution in [3.63, 3.8) is 0 Å². The van der Waals surface area contributed by atoms with Crippen LogP contribution < -0.4 is 14.3 Å². The summed E-state index contributed by atoms with van der Waals surface area (Å²) in [7, 11) is 1.56. The second-order valence-corrected chi connectivity index (χ2v) is 6.40. The first-order valence-corrected chi connectivity index (χ1v) is 8.90. The highest BCUT2D eigenvalue weighted by atomic mass is 32.1. The van der Waals surface area contributed by atoms with E-state index in [-0.39, 0.29) is 5.91 Å². The van der Waals surface area contributed by atoms with Crippen molar-refractivity contribution < 1.29 is 14.3 Å². The van der Waals surface area contributed by atoms with Crippen molar-refractivity contribution in [3.8, 4) is 23.8 Å². The lowest BCUT2D eigenvalue weighted by atomic mass is 10.2. The predicted molar refractivity (Wildman–Crippen MR) is 103 cm³/mol. The molecule has 1 amide bonds. The Morgan fingerprint density at radius 2 is 2.12 bits per heavy atom. The molecule has 2 aromatic carbocycles. The van der Waals surface area contributed by atoms with Crippen molar-refractivity contribution in [1.82, 2.24) is 4.57 Å². The Kier molecular flexibility index (Phi) is 5.40. The van der Waals surface area contributed by atoms with E-state index < -0.39 is 0 Å². The van der Waals surface area contributed by atoms with Gasteiger partial charge in [-0.2, -0.15) is 4.99 Å². The number of amides is 1. The summed E-state index contributed by atoms with van der Waals surface area (Å²) in [5.41, 5.74) is 1.39. The second-order valence-electron chi connectivity index (χ2n) is 5.39. The van der Waals surface area contributed by atoms with Gasteiger partial charge in [-0.05, 0) is 43.3 Å². The van der Waals surface area contributed by atoms with Gasteiger partial charge >= 0.3 is 0 Å². The van der Waals surface area contributed by atoms with E-state index in [1.165, 1.54) is 11.3 Å². The van der Waals surface area contributed by atoms with Gasteiger partial charge in [-0.1, -0.05) is 23.3 Å². The number of nitrogens with zero attached hydrogens (tertiary/aromatic N) is 2. The molecule has 0 atom stereocenters. The molecule has 0 aliphatic carbocycles. The SMILES string of the molecule is C#CCn1c(=NC(=O)c2cccc(OC)c2)sc2cc(OCC)ccc21. The molecule has 6 heteroatoms. The molecule has 3 aromatic rings. The monoisotopic (exact) mass is 366 g/mol. The van der Waals surface area contributed by atoms with Gasteiger partial charge in [0.15, 0.2) is 4.80 Å². The van der Waals surface area contributed by atoms with E-state index in [0.717, 1.165) is 16.0 Å². The minimum absolute atomic E-state index is 0.332. The molecule has 0 bridgehead atoms. The van der Waals surface area contributed by atoms with E-state index in [0.29, 0.717) is 29.3 Å². The van der Waals surface area contributed by atoms with Gasteiger partial charge in [0.1, 0.15) is 11.5 Å². The van der Waals surface area contributed by atoms with Gasteiger partial charge in [-0.15, -0.1) is 6.42 Å². The van der Waals surface area contributed by atoms with E-state index in [9.17, 15) is 4.79 Å². The van der Waals surface area contributed by atoms with Crippen molar-refractivity contribution in [2.24, 2.45) is 4.99 Å². The van der Waals surface area contributed by atoms with Crippen molar-refractivity contribution in [3.05, 3.63) is 52.8 Å². The van der Waals surface area contributed by atoms with Gasteiger partial charge in [0.2, 0.25) is 0 Å². The van der Waals surface area contributed by atoms with Crippen LogP contribution in [0.3, 0.4) is 0 Å². The lowest BCUT2D eigenvalue weighted by Gasteiger charge is -2.03. The number of benzene rings is 2. The maximum absolute atomic E-state index is 12.6. The summed E-state index contributed by atoms with van der Waals surface area (Å²) < 4.78 is 13.5. The number of ether oxygens (including phenoxy) is 2. The minimum Gasteiger partial charge on any atom is -0.497 e. The number of methoxy groups -OCH3 is 1.